The Morgan fingerprint density at radius 3 is 2.39 bits per heavy atom. The van der Waals surface area contributed by atoms with Gasteiger partial charge in [-0.25, -0.2) is 4.98 Å². The smallest absolute Gasteiger partial charge is 0.267 e. The molecule has 1 rings (SSSR count). The third-order valence-corrected chi connectivity index (χ3v) is 2.62. The van der Waals surface area contributed by atoms with E-state index in [2.05, 4.69) is 37.6 Å². The van der Waals surface area contributed by atoms with Gasteiger partial charge in [0.1, 0.15) is 5.69 Å². The van der Waals surface area contributed by atoms with Crippen molar-refractivity contribution in [2.24, 2.45) is 11.7 Å². The average Bonchev–Trinajstić information content (AvgIpc) is 2.26. The monoisotopic (exact) mass is 250 g/mol. The Morgan fingerprint density at radius 2 is 1.94 bits per heavy atom. The third-order valence-electron chi connectivity index (χ3n) is 2.62. The molecule has 0 saturated carbocycles. The molecule has 18 heavy (non-hydrogen) atoms. The summed E-state index contributed by atoms with van der Waals surface area (Å²) >= 11 is 0. The second kappa shape index (κ2) is 5.71. The van der Waals surface area contributed by atoms with Crippen molar-refractivity contribution in [1.82, 2.24) is 4.98 Å². The highest BCUT2D eigenvalue weighted by Crippen LogP contribution is 2.23. The van der Waals surface area contributed by atoms with E-state index in [1.165, 1.54) is 0 Å². The van der Waals surface area contributed by atoms with Crippen molar-refractivity contribution in [3.8, 4) is 0 Å². The molecule has 0 aliphatic carbocycles. The Bertz CT molecular complexity index is 429. The minimum atomic E-state index is -0.537. The number of hydrogen-bond acceptors (Lipinski definition) is 4. The van der Waals surface area contributed by atoms with E-state index < -0.39 is 5.91 Å². The SMILES string of the molecule is CC(C)CN(c1nc(C(N)=O)ccc1N)C(C)C. The van der Waals surface area contributed by atoms with E-state index in [0.717, 1.165) is 6.54 Å². The molecule has 0 aromatic carbocycles. The summed E-state index contributed by atoms with van der Waals surface area (Å²) in [6.45, 7) is 9.23. The van der Waals surface area contributed by atoms with Crippen LogP contribution in [0.1, 0.15) is 38.2 Å². The van der Waals surface area contributed by atoms with Crippen LogP contribution in [0.3, 0.4) is 0 Å². The summed E-state index contributed by atoms with van der Waals surface area (Å²) in [5, 5.41) is 0. The largest absolute Gasteiger partial charge is 0.396 e. The molecule has 5 heteroatoms. The first-order valence-corrected chi connectivity index (χ1v) is 6.16. The fourth-order valence-corrected chi connectivity index (χ4v) is 1.76. The number of nitrogens with zero attached hydrogens (tertiary/aromatic N) is 2. The molecular weight excluding hydrogens is 228 g/mol. The van der Waals surface area contributed by atoms with Gasteiger partial charge in [-0.1, -0.05) is 13.8 Å². The molecule has 4 N–H and O–H groups in total. The molecule has 0 unspecified atom stereocenters. The first-order chi connectivity index (χ1) is 8.32. The number of pyridine rings is 1. The molecule has 0 aliphatic heterocycles. The summed E-state index contributed by atoms with van der Waals surface area (Å²) in [5.41, 5.74) is 12.0. The topological polar surface area (TPSA) is 85.2 Å². The Morgan fingerprint density at radius 1 is 1.33 bits per heavy atom. The maximum atomic E-state index is 11.2. The molecule has 1 heterocycles. The number of anilines is 2. The van der Waals surface area contributed by atoms with Crippen molar-refractivity contribution < 1.29 is 4.79 Å². The lowest BCUT2D eigenvalue weighted by Gasteiger charge is -2.30. The van der Waals surface area contributed by atoms with Crippen LogP contribution in [0.2, 0.25) is 0 Å². The van der Waals surface area contributed by atoms with Gasteiger partial charge in [-0.2, -0.15) is 0 Å². The van der Waals surface area contributed by atoms with Gasteiger partial charge >= 0.3 is 0 Å². The predicted molar refractivity (Wildman–Crippen MR) is 74.5 cm³/mol. The van der Waals surface area contributed by atoms with Gasteiger partial charge in [0.05, 0.1) is 5.69 Å². The number of hydrogen-bond donors (Lipinski definition) is 2. The summed E-state index contributed by atoms with van der Waals surface area (Å²) in [6.07, 6.45) is 0. The summed E-state index contributed by atoms with van der Waals surface area (Å²) in [4.78, 5) is 17.5. The number of carbonyl (C=O) groups excluding carboxylic acids is 1. The van der Waals surface area contributed by atoms with Crippen molar-refractivity contribution in [2.45, 2.75) is 33.7 Å². The molecule has 5 nitrogen and oxygen atoms in total. The number of rotatable bonds is 5. The predicted octanol–water partition coefficient (Wildman–Crippen LogP) is 1.63. The van der Waals surface area contributed by atoms with Crippen molar-refractivity contribution in [1.29, 1.82) is 0 Å². The van der Waals surface area contributed by atoms with Crippen LogP contribution in [-0.2, 0) is 0 Å². The lowest BCUT2D eigenvalue weighted by Crippen LogP contribution is -2.35. The molecule has 0 saturated heterocycles. The van der Waals surface area contributed by atoms with Gasteiger partial charge in [-0.15, -0.1) is 0 Å². The lowest BCUT2D eigenvalue weighted by molar-refractivity contribution is 0.0995. The molecule has 0 radical (unpaired) electrons. The van der Waals surface area contributed by atoms with E-state index in [9.17, 15) is 4.79 Å². The van der Waals surface area contributed by atoms with E-state index in [-0.39, 0.29) is 11.7 Å². The van der Waals surface area contributed by atoms with E-state index >= 15 is 0 Å². The van der Waals surface area contributed by atoms with E-state index in [0.29, 0.717) is 17.4 Å². The van der Waals surface area contributed by atoms with Crippen LogP contribution in [0.4, 0.5) is 11.5 Å². The summed E-state index contributed by atoms with van der Waals surface area (Å²) in [7, 11) is 0. The zero-order valence-electron chi connectivity index (χ0n) is 11.5. The fraction of sp³-hybridized carbons (Fsp3) is 0.538. The number of primary amides is 1. The maximum Gasteiger partial charge on any atom is 0.267 e. The van der Waals surface area contributed by atoms with Crippen LogP contribution in [-0.4, -0.2) is 23.5 Å². The van der Waals surface area contributed by atoms with Gasteiger partial charge in [0.15, 0.2) is 5.82 Å². The highest BCUT2D eigenvalue weighted by atomic mass is 16.1. The highest BCUT2D eigenvalue weighted by Gasteiger charge is 2.17. The van der Waals surface area contributed by atoms with Crippen molar-refractivity contribution in [2.75, 3.05) is 17.2 Å². The van der Waals surface area contributed by atoms with Gasteiger partial charge in [-0.3, -0.25) is 4.79 Å². The Labute approximate surface area is 108 Å². The van der Waals surface area contributed by atoms with Crippen LogP contribution in [0, 0.1) is 5.92 Å². The molecular formula is C13H22N4O. The molecule has 0 spiro atoms. The van der Waals surface area contributed by atoms with Crippen LogP contribution in [0.5, 0.6) is 0 Å². The van der Waals surface area contributed by atoms with Gasteiger partial charge in [0, 0.05) is 12.6 Å². The molecule has 0 fully saturated rings. The Kier molecular flexibility index (Phi) is 4.53. The van der Waals surface area contributed by atoms with Gasteiger partial charge < -0.3 is 16.4 Å². The van der Waals surface area contributed by atoms with Crippen molar-refractivity contribution >= 4 is 17.4 Å². The zero-order chi connectivity index (χ0) is 13.9. The normalized spacial score (nSPS) is 11.0. The highest BCUT2D eigenvalue weighted by molar-refractivity contribution is 5.91. The molecule has 1 aromatic rings. The second-order valence-electron chi connectivity index (χ2n) is 5.11. The van der Waals surface area contributed by atoms with Crippen LogP contribution >= 0.6 is 0 Å². The number of nitrogen functional groups attached to an aromatic ring is 1. The van der Waals surface area contributed by atoms with E-state index in [4.69, 9.17) is 11.5 Å². The first-order valence-electron chi connectivity index (χ1n) is 6.16. The molecule has 1 aromatic heterocycles. The summed E-state index contributed by atoms with van der Waals surface area (Å²) < 4.78 is 0. The van der Waals surface area contributed by atoms with E-state index in [1.807, 2.05) is 0 Å². The summed E-state index contributed by atoms with van der Waals surface area (Å²) in [6, 6.07) is 3.48. The van der Waals surface area contributed by atoms with E-state index in [1.54, 1.807) is 12.1 Å². The number of amides is 1. The Hall–Kier alpha value is -1.78. The van der Waals surface area contributed by atoms with Crippen molar-refractivity contribution in [3.63, 3.8) is 0 Å². The number of carbonyl (C=O) groups is 1. The minimum Gasteiger partial charge on any atom is -0.396 e. The number of aromatic nitrogens is 1. The summed E-state index contributed by atoms with van der Waals surface area (Å²) in [5.74, 6) is 0.574. The van der Waals surface area contributed by atoms with Crippen LogP contribution in [0.25, 0.3) is 0 Å². The van der Waals surface area contributed by atoms with Crippen LogP contribution < -0.4 is 16.4 Å². The van der Waals surface area contributed by atoms with Gasteiger partial charge in [0.25, 0.3) is 5.91 Å². The first kappa shape index (κ1) is 14.3. The molecule has 0 bridgehead atoms. The standard InChI is InChI=1S/C13H22N4O/c1-8(2)7-17(9(3)4)13-10(14)5-6-11(16-13)12(15)18/h5-6,8-9H,7,14H2,1-4H3,(H2,15,18). The number of nitrogens with two attached hydrogens (primary N) is 2. The van der Waals surface area contributed by atoms with Gasteiger partial charge in [0.2, 0.25) is 0 Å². The third kappa shape index (κ3) is 3.35. The van der Waals surface area contributed by atoms with Crippen molar-refractivity contribution in [3.05, 3.63) is 17.8 Å². The maximum absolute atomic E-state index is 11.2. The second-order valence-corrected chi connectivity index (χ2v) is 5.11. The Balaban J connectivity index is 3.17. The van der Waals surface area contributed by atoms with Gasteiger partial charge in [-0.05, 0) is 31.9 Å². The molecule has 100 valence electrons. The molecule has 0 aliphatic rings. The minimum absolute atomic E-state index is 0.244. The zero-order valence-corrected chi connectivity index (χ0v) is 11.5. The lowest BCUT2D eigenvalue weighted by atomic mass is 10.1. The molecule has 0 atom stereocenters. The van der Waals surface area contributed by atoms with Crippen LogP contribution in [0.15, 0.2) is 12.1 Å². The average molecular weight is 250 g/mol. The quantitative estimate of drug-likeness (QED) is 0.831. The molecule has 1 amide bonds. The fourth-order valence-electron chi connectivity index (χ4n) is 1.76.